The smallest absolute Gasteiger partial charge is 0.335 e. The van der Waals surface area contributed by atoms with E-state index in [9.17, 15) is 27.1 Å². The van der Waals surface area contributed by atoms with E-state index in [4.69, 9.17) is 4.74 Å². The van der Waals surface area contributed by atoms with E-state index in [1.54, 1.807) is 0 Å². The fourth-order valence-electron chi connectivity index (χ4n) is 2.13. The average molecular weight is 371 g/mol. The number of sulfonamides is 1. The maximum absolute atomic E-state index is 13.4. The Hall–Kier alpha value is -2.36. The van der Waals surface area contributed by atoms with E-state index in [-0.39, 0.29) is 34.7 Å². The lowest BCUT2D eigenvalue weighted by Crippen LogP contribution is -2.27. The van der Waals surface area contributed by atoms with E-state index in [2.05, 4.69) is 4.72 Å². The third kappa shape index (κ3) is 4.81. The Kier molecular flexibility index (Phi) is 5.83. The standard InChI is InChI=1S/C16H15F2NO5S/c1-24-3-2-19-25(22,23)15-7-10(4-12(8-15)16(20)21)11-5-13(17)9-14(18)6-11/h4-9,19H,2-3H2,1H3,(H,20,21). The summed E-state index contributed by atoms with van der Waals surface area (Å²) in [5, 5.41) is 9.19. The van der Waals surface area contributed by atoms with Crippen molar-refractivity contribution in [3.63, 3.8) is 0 Å². The molecule has 2 rings (SSSR count). The van der Waals surface area contributed by atoms with Crippen molar-refractivity contribution in [1.82, 2.24) is 4.72 Å². The zero-order valence-corrected chi connectivity index (χ0v) is 13.9. The van der Waals surface area contributed by atoms with E-state index < -0.39 is 27.6 Å². The van der Waals surface area contributed by atoms with Crippen LogP contribution in [0.25, 0.3) is 11.1 Å². The highest BCUT2D eigenvalue weighted by Crippen LogP contribution is 2.26. The van der Waals surface area contributed by atoms with Crippen molar-refractivity contribution in [2.24, 2.45) is 0 Å². The highest BCUT2D eigenvalue weighted by Gasteiger charge is 2.18. The van der Waals surface area contributed by atoms with Crippen LogP contribution in [0.2, 0.25) is 0 Å². The molecule has 9 heteroatoms. The van der Waals surface area contributed by atoms with Crippen LogP contribution in [-0.2, 0) is 14.8 Å². The molecule has 0 heterocycles. The zero-order chi connectivity index (χ0) is 18.6. The summed E-state index contributed by atoms with van der Waals surface area (Å²) < 4.78 is 58.4. The molecule has 0 aliphatic carbocycles. The van der Waals surface area contributed by atoms with Gasteiger partial charge in [-0.15, -0.1) is 0 Å². The zero-order valence-electron chi connectivity index (χ0n) is 13.1. The van der Waals surface area contributed by atoms with Crippen molar-refractivity contribution < 1.29 is 31.8 Å². The predicted octanol–water partition coefficient (Wildman–Crippen LogP) is 2.25. The molecule has 0 aliphatic rings. The molecule has 0 spiro atoms. The lowest BCUT2D eigenvalue weighted by atomic mass is 10.0. The quantitative estimate of drug-likeness (QED) is 0.729. The fourth-order valence-corrected chi connectivity index (χ4v) is 3.21. The number of carboxylic acid groups (broad SMARTS) is 1. The molecule has 0 saturated carbocycles. The van der Waals surface area contributed by atoms with Gasteiger partial charge in [-0.1, -0.05) is 0 Å². The van der Waals surface area contributed by atoms with Crippen LogP contribution in [0.1, 0.15) is 10.4 Å². The molecule has 0 fully saturated rings. The number of benzene rings is 2. The summed E-state index contributed by atoms with van der Waals surface area (Å²) in [7, 11) is -2.62. The maximum atomic E-state index is 13.4. The van der Waals surface area contributed by atoms with E-state index >= 15 is 0 Å². The molecule has 0 saturated heterocycles. The second-order valence-corrected chi connectivity index (χ2v) is 6.87. The number of methoxy groups -OCH3 is 1. The van der Waals surface area contributed by atoms with Crippen molar-refractivity contribution in [3.05, 3.63) is 53.6 Å². The van der Waals surface area contributed by atoms with Gasteiger partial charge in [-0.25, -0.2) is 26.7 Å². The lowest BCUT2D eigenvalue weighted by Gasteiger charge is -2.10. The van der Waals surface area contributed by atoms with Gasteiger partial charge in [-0.05, 0) is 41.5 Å². The number of hydrogen-bond acceptors (Lipinski definition) is 4. The molecule has 134 valence electrons. The molecule has 0 unspecified atom stereocenters. The number of rotatable bonds is 7. The van der Waals surface area contributed by atoms with E-state index in [0.717, 1.165) is 30.3 Å². The first-order chi connectivity index (χ1) is 11.7. The summed E-state index contributed by atoms with van der Waals surface area (Å²) in [5.74, 6) is -3.09. The molecule has 2 aromatic rings. The molecule has 0 amide bonds. The molecule has 0 atom stereocenters. The monoisotopic (exact) mass is 371 g/mol. The first kappa shape index (κ1) is 19.0. The maximum Gasteiger partial charge on any atom is 0.335 e. The number of carboxylic acids is 1. The molecular formula is C16H15F2NO5S. The topological polar surface area (TPSA) is 92.7 Å². The summed E-state index contributed by atoms with van der Waals surface area (Å²) in [6, 6.07) is 5.89. The number of ether oxygens (including phenoxy) is 1. The Labute approximate surface area is 143 Å². The van der Waals surface area contributed by atoms with Gasteiger partial charge in [0, 0.05) is 19.7 Å². The van der Waals surface area contributed by atoms with Gasteiger partial charge < -0.3 is 9.84 Å². The summed E-state index contributed by atoms with van der Waals surface area (Å²) in [5.41, 5.74) is -0.242. The summed E-state index contributed by atoms with van der Waals surface area (Å²) in [4.78, 5) is 10.9. The minimum atomic E-state index is -4.02. The van der Waals surface area contributed by atoms with Gasteiger partial charge >= 0.3 is 5.97 Å². The van der Waals surface area contributed by atoms with Gasteiger partial charge in [0.25, 0.3) is 0 Å². The second kappa shape index (κ2) is 7.68. The van der Waals surface area contributed by atoms with Gasteiger partial charge in [0.15, 0.2) is 0 Å². The van der Waals surface area contributed by atoms with E-state index in [1.165, 1.54) is 7.11 Å². The number of hydrogen-bond donors (Lipinski definition) is 2. The first-order valence-electron chi connectivity index (χ1n) is 7.06. The Balaban J connectivity index is 2.55. The largest absolute Gasteiger partial charge is 0.478 e. The van der Waals surface area contributed by atoms with Crippen molar-refractivity contribution in [3.8, 4) is 11.1 Å². The van der Waals surface area contributed by atoms with Crippen molar-refractivity contribution in [1.29, 1.82) is 0 Å². The SMILES string of the molecule is COCCNS(=O)(=O)c1cc(C(=O)O)cc(-c2cc(F)cc(F)c2)c1. The molecule has 0 aromatic heterocycles. The Morgan fingerprint density at radius 3 is 2.24 bits per heavy atom. The molecule has 0 aliphatic heterocycles. The van der Waals surface area contributed by atoms with Crippen molar-refractivity contribution in [2.45, 2.75) is 4.90 Å². The van der Waals surface area contributed by atoms with Crippen LogP contribution in [0.15, 0.2) is 41.3 Å². The Morgan fingerprint density at radius 2 is 1.68 bits per heavy atom. The van der Waals surface area contributed by atoms with Crippen LogP contribution in [0.5, 0.6) is 0 Å². The molecule has 25 heavy (non-hydrogen) atoms. The molecule has 0 radical (unpaired) electrons. The number of carbonyl (C=O) groups is 1. The minimum absolute atomic E-state index is 0.0138. The first-order valence-corrected chi connectivity index (χ1v) is 8.55. The predicted molar refractivity (Wildman–Crippen MR) is 85.8 cm³/mol. The van der Waals surface area contributed by atoms with Crippen LogP contribution in [-0.4, -0.2) is 39.8 Å². The van der Waals surface area contributed by atoms with Crippen LogP contribution in [0, 0.1) is 11.6 Å². The third-order valence-electron chi connectivity index (χ3n) is 3.26. The van der Waals surface area contributed by atoms with Gasteiger partial charge in [0.05, 0.1) is 17.1 Å². The molecule has 6 nitrogen and oxygen atoms in total. The van der Waals surface area contributed by atoms with Crippen LogP contribution in [0.4, 0.5) is 8.78 Å². The normalized spacial score (nSPS) is 11.5. The van der Waals surface area contributed by atoms with E-state index in [1.807, 2.05) is 0 Å². The number of aromatic carboxylic acids is 1. The number of halogens is 2. The third-order valence-corrected chi connectivity index (χ3v) is 4.70. The minimum Gasteiger partial charge on any atom is -0.478 e. The highest BCUT2D eigenvalue weighted by atomic mass is 32.2. The average Bonchev–Trinajstić information content (AvgIpc) is 2.53. The van der Waals surface area contributed by atoms with Gasteiger partial charge in [-0.2, -0.15) is 0 Å². The van der Waals surface area contributed by atoms with Crippen LogP contribution in [0.3, 0.4) is 0 Å². The second-order valence-electron chi connectivity index (χ2n) is 5.10. The summed E-state index contributed by atoms with van der Waals surface area (Å²) in [6.45, 7) is 0.111. The Morgan fingerprint density at radius 1 is 1.08 bits per heavy atom. The molecule has 2 aromatic carbocycles. The lowest BCUT2D eigenvalue weighted by molar-refractivity contribution is 0.0696. The van der Waals surface area contributed by atoms with Crippen LogP contribution >= 0.6 is 0 Å². The summed E-state index contributed by atoms with van der Waals surface area (Å²) in [6.07, 6.45) is 0. The van der Waals surface area contributed by atoms with Crippen LogP contribution < -0.4 is 4.72 Å². The van der Waals surface area contributed by atoms with Crippen molar-refractivity contribution in [2.75, 3.05) is 20.3 Å². The van der Waals surface area contributed by atoms with E-state index in [0.29, 0.717) is 6.07 Å². The number of nitrogens with one attached hydrogen (secondary N) is 1. The fraction of sp³-hybridized carbons (Fsp3) is 0.188. The van der Waals surface area contributed by atoms with Gasteiger partial charge in [-0.3, -0.25) is 0 Å². The van der Waals surface area contributed by atoms with Gasteiger partial charge in [0.2, 0.25) is 10.0 Å². The molecule has 0 bridgehead atoms. The van der Waals surface area contributed by atoms with Gasteiger partial charge in [0.1, 0.15) is 11.6 Å². The molecule has 2 N–H and O–H groups in total. The summed E-state index contributed by atoms with van der Waals surface area (Å²) >= 11 is 0. The highest BCUT2D eigenvalue weighted by molar-refractivity contribution is 7.89. The van der Waals surface area contributed by atoms with Crippen molar-refractivity contribution >= 4 is 16.0 Å². The Bertz CT molecular complexity index is 879. The molecular weight excluding hydrogens is 356 g/mol.